The zero-order chi connectivity index (χ0) is 13.3. The van der Waals surface area contributed by atoms with Gasteiger partial charge < -0.3 is 16.6 Å². The second kappa shape index (κ2) is 4.21. The average molecular weight is 246 g/mol. The summed E-state index contributed by atoms with van der Waals surface area (Å²) in [5.74, 6) is -1.80. The van der Waals surface area contributed by atoms with Crippen LogP contribution in [0.4, 0.5) is 5.69 Å². The maximum Gasteiger partial charge on any atom is 0.337 e. The van der Waals surface area contributed by atoms with Crippen molar-refractivity contribution in [1.29, 1.82) is 0 Å². The number of nitrogens with two attached hydrogens (primary N) is 2. The van der Waals surface area contributed by atoms with Gasteiger partial charge in [0.25, 0.3) is 5.91 Å². The largest absolute Gasteiger partial charge is 0.478 e. The Balaban J connectivity index is 2.57. The van der Waals surface area contributed by atoms with Crippen LogP contribution in [-0.2, 0) is 0 Å². The predicted octanol–water partition coefficient (Wildman–Crippen LogP) is 0.252. The number of nitrogens with zero attached hydrogens (tertiary/aromatic N) is 2. The van der Waals surface area contributed by atoms with Crippen LogP contribution in [0.5, 0.6) is 0 Å². The molecule has 0 aliphatic rings. The molecule has 0 saturated heterocycles. The van der Waals surface area contributed by atoms with Crippen molar-refractivity contribution in [2.45, 2.75) is 0 Å². The van der Waals surface area contributed by atoms with E-state index in [9.17, 15) is 9.59 Å². The standard InChI is InChI=1S/C11H10N4O3/c12-6-1-2-7(11(17)18)9(5-6)15-4-3-8(14-15)10(13)16/h1-5H,12H2,(H2,13,16)(H,17,18). The molecule has 2 rings (SSSR count). The first-order valence-corrected chi connectivity index (χ1v) is 4.97. The van der Waals surface area contributed by atoms with Gasteiger partial charge in [0, 0.05) is 11.9 Å². The molecule has 18 heavy (non-hydrogen) atoms. The lowest BCUT2D eigenvalue weighted by Gasteiger charge is -2.06. The molecule has 1 aromatic heterocycles. The summed E-state index contributed by atoms with van der Waals surface area (Å²) < 4.78 is 1.25. The van der Waals surface area contributed by atoms with E-state index in [2.05, 4.69) is 5.10 Å². The van der Waals surface area contributed by atoms with E-state index in [1.54, 1.807) is 0 Å². The van der Waals surface area contributed by atoms with Crippen LogP contribution in [-0.4, -0.2) is 26.8 Å². The first-order chi connectivity index (χ1) is 8.49. The zero-order valence-electron chi connectivity index (χ0n) is 9.20. The van der Waals surface area contributed by atoms with Crippen molar-refractivity contribution >= 4 is 17.6 Å². The number of hydrogen-bond acceptors (Lipinski definition) is 4. The molecule has 0 saturated carbocycles. The normalized spacial score (nSPS) is 10.2. The van der Waals surface area contributed by atoms with Crippen LogP contribution < -0.4 is 11.5 Å². The number of nitrogen functional groups attached to an aromatic ring is 1. The highest BCUT2D eigenvalue weighted by atomic mass is 16.4. The molecule has 92 valence electrons. The van der Waals surface area contributed by atoms with Crippen molar-refractivity contribution in [2.24, 2.45) is 5.73 Å². The van der Waals surface area contributed by atoms with Gasteiger partial charge in [-0.05, 0) is 24.3 Å². The Morgan fingerprint density at radius 2 is 2.00 bits per heavy atom. The van der Waals surface area contributed by atoms with E-state index in [1.165, 1.54) is 35.1 Å². The van der Waals surface area contributed by atoms with Crippen LogP contribution in [0.1, 0.15) is 20.8 Å². The molecule has 0 bridgehead atoms. The molecule has 5 N–H and O–H groups in total. The number of benzene rings is 1. The van der Waals surface area contributed by atoms with E-state index in [1.807, 2.05) is 0 Å². The molecular formula is C11H10N4O3. The molecule has 1 amide bonds. The van der Waals surface area contributed by atoms with Crippen LogP contribution in [0.2, 0.25) is 0 Å². The van der Waals surface area contributed by atoms with Crippen molar-refractivity contribution in [3.05, 3.63) is 41.7 Å². The van der Waals surface area contributed by atoms with Gasteiger partial charge in [-0.3, -0.25) is 4.79 Å². The lowest BCUT2D eigenvalue weighted by Crippen LogP contribution is -2.13. The Morgan fingerprint density at radius 3 is 2.56 bits per heavy atom. The van der Waals surface area contributed by atoms with Crippen LogP contribution in [0.3, 0.4) is 0 Å². The molecule has 0 unspecified atom stereocenters. The summed E-state index contributed by atoms with van der Waals surface area (Å²) in [5, 5.41) is 12.9. The summed E-state index contributed by atoms with van der Waals surface area (Å²) in [7, 11) is 0. The molecule has 0 spiro atoms. The fourth-order valence-corrected chi connectivity index (χ4v) is 1.51. The predicted molar refractivity (Wildman–Crippen MR) is 63.5 cm³/mol. The first kappa shape index (κ1) is 11.6. The molecule has 0 atom stereocenters. The number of carboxylic acids is 1. The number of aromatic nitrogens is 2. The number of carbonyl (C=O) groups excluding carboxylic acids is 1. The van der Waals surface area contributed by atoms with Crippen molar-refractivity contribution < 1.29 is 14.7 Å². The number of amides is 1. The van der Waals surface area contributed by atoms with Gasteiger partial charge in [0.1, 0.15) is 5.69 Å². The van der Waals surface area contributed by atoms with Crippen molar-refractivity contribution in [2.75, 3.05) is 5.73 Å². The molecular weight excluding hydrogens is 236 g/mol. The lowest BCUT2D eigenvalue weighted by atomic mass is 10.1. The number of primary amides is 1. The van der Waals surface area contributed by atoms with E-state index in [0.29, 0.717) is 5.69 Å². The van der Waals surface area contributed by atoms with Gasteiger partial charge in [-0.15, -0.1) is 0 Å². The SMILES string of the molecule is NC(=O)c1ccn(-c2cc(N)ccc2C(=O)O)n1. The van der Waals surface area contributed by atoms with Gasteiger partial charge in [0.2, 0.25) is 0 Å². The average Bonchev–Trinajstić information content (AvgIpc) is 2.77. The van der Waals surface area contributed by atoms with Crippen molar-refractivity contribution in [3.8, 4) is 5.69 Å². The molecule has 1 heterocycles. The number of hydrogen-bond donors (Lipinski definition) is 3. The minimum atomic E-state index is -1.11. The molecule has 0 radical (unpaired) electrons. The highest BCUT2D eigenvalue weighted by Crippen LogP contribution is 2.18. The summed E-state index contributed by atoms with van der Waals surface area (Å²) in [4.78, 5) is 22.0. The smallest absolute Gasteiger partial charge is 0.337 e. The molecule has 1 aromatic carbocycles. The van der Waals surface area contributed by atoms with Gasteiger partial charge in [-0.25, -0.2) is 9.48 Å². The number of rotatable bonds is 3. The first-order valence-electron chi connectivity index (χ1n) is 4.97. The summed E-state index contributed by atoms with van der Waals surface area (Å²) in [6.45, 7) is 0. The zero-order valence-corrected chi connectivity index (χ0v) is 9.20. The monoisotopic (exact) mass is 246 g/mol. The second-order valence-corrected chi connectivity index (χ2v) is 3.59. The fourth-order valence-electron chi connectivity index (χ4n) is 1.51. The molecule has 0 fully saturated rings. The summed E-state index contributed by atoms with van der Waals surface area (Å²) >= 11 is 0. The minimum absolute atomic E-state index is 0.0309. The highest BCUT2D eigenvalue weighted by Gasteiger charge is 2.14. The van der Waals surface area contributed by atoms with Crippen LogP contribution in [0, 0.1) is 0 Å². The Bertz CT molecular complexity index is 633. The Morgan fingerprint density at radius 1 is 1.28 bits per heavy atom. The van der Waals surface area contributed by atoms with Crippen molar-refractivity contribution in [1.82, 2.24) is 9.78 Å². The highest BCUT2D eigenvalue weighted by molar-refractivity contribution is 5.93. The Labute approximate surface area is 102 Å². The Hall–Kier alpha value is -2.83. The third-order valence-electron chi connectivity index (χ3n) is 2.34. The maximum absolute atomic E-state index is 11.1. The van der Waals surface area contributed by atoms with Crippen molar-refractivity contribution in [3.63, 3.8) is 0 Å². The third kappa shape index (κ3) is 2.01. The number of anilines is 1. The van der Waals surface area contributed by atoms with Gasteiger partial charge >= 0.3 is 5.97 Å². The molecule has 0 aliphatic heterocycles. The summed E-state index contributed by atoms with van der Waals surface area (Å²) in [6, 6.07) is 5.71. The molecule has 7 heteroatoms. The molecule has 7 nitrogen and oxygen atoms in total. The topological polar surface area (TPSA) is 124 Å². The quantitative estimate of drug-likeness (QED) is 0.669. The number of aromatic carboxylic acids is 1. The molecule has 0 aliphatic carbocycles. The van der Waals surface area contributed by atoms with Gasteiger partial charge in [0.15, 0.2) is 0 Å². The minimum Gasteiger partial charge on any atom is -0.478 e. The van der Waals surface area contributed by atoms with E-state index >= 15 is 0 Å². The lowest BCUT2D eigenvalue weighted by molar-refractivity contribution is 0.0696. The van der Waals surface area contributed by atoms with Gasteiger partial charge in [-0.2, -0.15) is 5.10 Å². The Kier molecular flexibility index (Phi) is 2.72. The number of carboxylic acid groups (broad SMARTS) is 1. The van der Waals surface area contributed by atoms with E-state index < -0.39 is 11.9 Å². The summed E-state index contributed by atoms with van der Waals surface area (Å²) in [6.07, 6.45) is 1.45. The molecule has 2 aromatic rings. The number of carbonyl (C=O) groups is 2. The van der Waals surface area contributed by atoms with Gasteiger partial charge in [-0.1, -0.05) is 0 Å². The summed E-state index contributed by atoms with van der Waals surface area (Å²) in [5.41, 5.74) is 11.4. The van der Waals surface area contributed by atoms with Crippen LogP contribution >= 0.6 is 0 Å². The van der Waals surface area contributed by atoms with E-state index in [-0.39, 0.29) is 16.9 Å². The maximum atomic E-state index is 11.1. The van der Waals surface area contributed by atoms with E-state index in [0.717, 1.165) is 0 Å². The van der Waals surface area contributed by atoms with Crippen LogP contribution in [0.25, 0.3) is 5.69 Å². The van der Waals surface area contributed by atoms with Gasteiger partial charge in [0.05, 0.1) is 11.3 Å². The fraction of sp³-hybridized carbons (Fsp3) is 0. The van der Waals surface area contributed by atoms with E-state index in [4.69, 9.17) is 16.6 Å². The third-order valence-corrected chi connectivity index (χ3v) is 2.34. The second-order valence-electron chi connectivity index (χ2n) is 3.59. The van der Waals surface area contributed by atoms with Crippen LogP contribution in [0.15, 0.2) is 30.5 Å².